The molecule has 20 heteroatoms. The predicted octanol–water partition coefficient (Wildman–Crippen LogP) is 8.96. The van der Waals surface area contributed by atoms with E-state index in [1.807, 2.05) is 4.90 Å². The average Bonchev–Trinajstić information content (AvgIpc) is 3.65. The van der Waals surface area contributed by atoms with Crippen LogP contribution in [0.15, 0.2) is 30.3 Å². The van der Waals surface area contributed by atoms with E-state index in [9.17, 15) is 44.3 Å². The molecule has 58 heavy (non-hydrogen) atoms. The van der Waals surface area contributed by atoms with E-state index in [4.69, 9.17) is 9.47 Å². The number of fused-ring (bicyclic) bond motifs is 1. The Balaban J connectivity index is 1.46. The molecule has 11 nitrogen and oxygen atoms in total. The SMILES string of the molecule is CC[C@@H]1C[C@H](N(Cc2cc(C(F)(F)F)cc(C(F)(F)F)c2)c2nnn(C3CCCC(C)C3C(C)C)n2)c2nc(C(F)(F)F)ccc2N1C(=O)OCCN1CCOCC1. The Morgan fingerprint density at radius 1 is 0.966 bits per heavy atom. The van der Waals surface area contributed by atoms with Crippen LogP contribution in [0.5, 0.6) is 0 Å². The van der Waals surface area contributed by atoms with Crippen LogP contribution in [0.1, 0.15) is 100.0 Å². The lowest BCUT2D eigenvalue weighted by Crippen LogP contribution is -2.49. The third kappa shape index (κ3) is 9.63. The van der Waals surface area contributed by atoms with Crippen molar-refractivity contribution in [1.29, 1.82) is 0 Å². The van der Waals surface area contributed by atoms with Gasteiger partial charge in [0, 0.05) is 32.2 Å². The van der Waals surface area contributed by atoms with Crippen molar-refractivity contribution in [2.75, 3.05) is 49.3 Å². The highest BCUT2D eigenvalue weighted by atomic mass is 19.4. The standard InChI is InChI=1S/C38H47F9N8O3/c1-5-27-20-30(33-29(9-10-31(48-33)38(45,46)47)54(27)35(56)58-16-13-52-11-14-57-15-12-52)53(21-24-17-25(36(39,40)41)19-26(18-24)37(42,43)44)34-49-51-55(50-34)28-8-6-7-23(4)32(28)22(2)3/h9-10,17-19,22-23,27-28,30,32H,5-8,11-16,20-21H2,1-4H3/t23?,27-,28?,30+,32?/m1/s1. The van der Waals surface area contributed by atoms with Gasteiger partial charge < -0.3 is 14.4 Å². The molecule has 3 aromatic rings. The Morgan fingerprint density at radius 3 is 2.24 bits per heavy atom. The summed E-state index contributed by atoms with van der Waals surface area (Å²) in [6.45, 7) is 9.85. The Labute approximate surface area is 329 Å². The van der Waals surface area contributed by atoms with Gasteiger partial charge in [-0.1, -0.05) is 45.6 Å². The number of alkyl halides is 9. The quantitative estimate of drug-likeness (QED) is 0.185. The lowest BCUT2D eigenvalue weighted by Gasteiger charge is -2.43. The largest absolute Gasteiger partial charge is 0.448 e. The maximum absolute atomic E-state index is 14.3. The molecule has 0 spiro atoms. The van der Waals surface area contributed by atoms with Crippen LogP contribution in [0.2, 0.25) is 0 Å². The van der Waals surface area contributed by atoms with E-state index in [-0.39, 0.29) is 66.6 Å². The van der Waals surface area contributed by atoms with Gasteiger partial charge in [0.15, 0.2) is 0 Å². The first-order valence-electron chi connectivity index (χ1n) is 19.4. The lowest BCUT2D eigenvalue weighted by molar-refractivity contribution is -0.143. The molecule has 2 aliphatic heterocycles. The molecular formula is C38H47F9N8O3. The van der Waals surface area contributed by atoms with Gasteiger partial charge in [0.1, 0.15) is 12.3 Å². The average molecular weight is 835 g/mol. The second kappa shape index (κ2) is 17.2. The van der Waals surface area contributed by atoms with Crippen LogP contribution in [0.25, 0.3) is 0 Å². The summed E-state index contributed by atoms with van der Waals surface area (Å²) in [6, 6.07) is 0.604. The number of pyridine rings is 1. The number of hydrogen-bond donors (Lipinski definition) is 0. The minimum absolute atomic E-state index is 0.00139. The molecule has 1 aromatic carbocycles. The molecule has 4 heterocycles. The number of halogens is 9. The molecule has 2 fully saturated rings. The highest BCUT2D eigenvalue weighted by molar-refractivity contribution is 5.90. The Bertz CT molecular complexity index is 1850. The van der Waals surface area contributed by atoms with Crippen LogP contribution in [0, 0.1) is 17.8 Å². The first kappa shape index (κ1) is 43.4. The Hall–Kier alpha value is -4.20. The number of tetrazole rings is 1. The number of hydrogen-bond acceptors (Lipinski definition) is 9. The fourth-order valence-corrected chi connectivity index (χ4v) is 8.66. The number of amides is 1. The third-order valence-corrected chi connectivity index (χ3v) is 11.4. The van der Waals surface area contributed by atoms with Gasteiger partial charge in [-0.05, 0) is 78.1 Å². The number of anilines is 2. The summed E-state index contributed by atoms with van der Waals surface area (Å²) in [7, 11) is 0. The van der Waals surface area contributed by atoms with Crippen molar-refractivity contribution in [1.82, 2.24) is 30.1 Å². The number of ether oxygens (including phenoxy) is 2. The molecule has 1 saturated carbocycles. The molecular weight excluding hydrogens is 787 g/mol. The lowest BCUT2D eigenvalue weighted by atomic mass is 9.71. The van der Waals surface area contributed by atoms with Crippen LogP contribution in [0.3, 0.4) is 0 Å². The van der Waals surface area contributed by atoms with E-state index in [1.165, 1.54) is 14.6 Å². The van der Waals surface area contributed by atoms with E-state index in [0.717, 1.165) is 18.9 Å². The molecule has 0 radical (unpaired) electrons. The van der Waals surface area contributed by atoms with Crippen molar-refractivity contribution in [2.45, 2.75) is 103 Å². The van der Waals surface area contributed by atoms with E-state index in [1.54, 1.807) is 6.92 Å². The molecule has 2 aromatic heterocycles. The van der Waals surface area contributed by atoms with Crippen molar-refractivity contribution < 1.29 is 53.8 Å². The summed E-state index contributed by atoms with van der Waals surface area (Å²) in [6.07, 6.45) is -13.6. The van der Waals surface area contributed by atoms with Gasteiger partial charge in [0.25, 0.3) is 5.95 Å². The van der Waals surface area contributed by atoms with Crippen molar-refractivity contribution in [3.8, 4) is 0 Å². The molecule has 1 saturated heterocycles. The summed E-state index contributed by atoms with van der Waals surface area (Å²) in [5.74, 6) is 0.325. The second-order valence-corrected chi connectivity index (χ2v) is 15.6. The van der Waals surface area contributed by atoms with Gasteiger partial charge in [-0.2, -0.15) is 44.3 Å². The summed E-state index contributed by atoms with van der Waals surface area (Å²) < 4.78 is 138. The molecule has 5 atom stereocenters. The summed E-state index contributed by atoms with van der Waals surface area (Å²) in [5, 5.41) is 13.2. The van der Waals surface area contributed by atoms with Crippen molar-refractivity contribution in [3.63, 3.8) is 0 Å². The first-order chi connectivity index (χ1) is 27.3. The zero-order chi connectivity index (χ0) is 42.2. The summed E-state index contributed by atoms with van der Waals surface area (Å²) in [4.78, 5) is 23.7. The number of benzene rings is 1. The molecule has 3 unspecified atom stereocenters. The fraction of sp³-hybridized carbons (Fsp3) is 0.658. The van der Waals surface area contributed by atoms with Gasteiger partial charge in [0.2, 0.25) is 0 Å². The number of morpholine rings is 1. The van der Waals surface area contributed by atoms with E-state index >= 15 is 0 Å². The van der Waals surface area contributed by atoms with Crippen LogP contribution >= 0.6 is 0 Å². The molecule has 1 amide bonds. The third-order valence-electron chi connectivity index (χ3n) is 11.4. The van der Waals surface area contributed by atoms with Gasteiger partial charge in [-0.15, -0.1) is 5.10 Å². The summed E-state index contributed by atoms with van der Waals surface area (Å²) >= 11 is 0. The highest BCUT2D eigenvalue weighted by Gasteiger charge is 2.45. The summed E-state index contributed by atoms with van der Waals surface area (Å²) in [5.41, 5.74) is -5.29. The normalized spacial score (nSPS) is 23.6. The van der Waals surface area contributed by atoms with Crippen LogP contribution < -0.4 is 9.80 Å². The molecule has 1 aliphatic carbocycles. The molecule has 0 N–H and O–H groups in total. The zero-order valence-electron chi connectivity index (χ0n) is 32.5. The van der Waals surface area contributed by atoms with Crippen LogP contribution in [-0.2, 0) is 34.5 Å². The number of carbonyl (C=O) groups is 1. The first-order valence-corrected chi connectivity index (χ1v) is 19.4. The Kier molecular flexibility index (Phi) is 12.9. The molecule has 6 rings (SSSR count). The maximum Gasteiger partial charge on any atom is 0.433 e. The second-order valence-electron chi connectivity index (χ2n) is 15.6. The number of aromatic nitrogens is 5. The fourth-order valence-electron chi connectivity index (χ4n) is 8.66. The minimum Gasteiger partial charge on any atom is -0.448 e. The zero-order valence-corrected chi connectivity index (χ0v) is 32.5. The number of rotatable bonds is 10. The topological polar surface area (TPSA) is 102 Å². The Morgan fingerprint density at radius 2 is 1.64 bits per heavy atom. The maximum atomic E-state index is 14.3. The van der Waals surface area contributed by atoms with Gasteiger partial charge in [0.05, 0.1) is 47.8 Å². The molecule has 320 valence electrons. The van der Waals surface area contributed by atoms with Crippen LogP contribution in [0.4, 0.5) is 55.9 Å². The smallest absolute Gasteiger partial charge is 0.433 e. The van der Waals surface area contributed by atoms with Crippen molar-refractivity contribution in [2.24, 2.45) is 17.8 Å². The minimum atomic E-state index is -5.16. The van der Waals surface area contributed by atoms with Crippen molar-refractivity contribution in [3.05, 3.63) is 58.4 Å². The predicted molar refractivity (Wildman–Crippen MR) is 193 cm³/mol. The van der Waals surface area contributed by atoms with Gasteiger partial charge in [-0.3, -0.25) is 9.80 Å². The van der Waals surface area contributed by atoms with Gasteiger partial charge in [-0.25, -0.2) is 9.78 Å². The number of nitrogens with zero attached hydrogens (tertiary/aromatic N) is 8. The van der Waals surface area contributed by atoms with Crippen LogP contribution in [-0.4, -0.2) is 81.7 Å². The van der Waals surface area contributed by atoms with Crippen molar-refractivity contribution >= 4 is 17.7 Å². The molecule has 3 aliphatic rings. The monoisotopic (exact) mass is 834 g/mol. The van der Waals surface area contributed by atoms with Gasteiger partial charge >= 0.3 is 24.6 Å². The highest BCUT2D eigenvalue weighted by Crippen LogP contribution is 2.46. The van der Waals surface area contributed by atoms with E-state index < -0.39 is 65.6 Å². The number of carbonyl (C=O) groups excluding carboxylic acids is 1. The van der Waals surface area contributed by atoms with E-state index in [0.29, 0.717) is 57.5 Å². The van der Waals surface area contributed by atoms with E-state index in [2.05, 4.69) is 41.2 Å². The molecule has 0 bridgehead atoms.